The average Bonchev–Trinajstić information content (AvgIpc) is 2.20. The summed E-state index contributed by atoms with van der Waals surface area (Å²) >= 11 is 0. The molecule has 2 rings (SSSR count). The standard InChI is InChI=1S/C12H15N2.2W/c1-3-5-10-8-12-11(13-9-10)6-4-7-14(12)2;;/h3,5,8-9H,2,4,6-7H2,1H3;;/q-1;;/b5-3+;;. The first kappa shape index (κ1) is 16.1. The van der Waals surface area contributed by atoms with E-state index in [1.165, 1.54) is 11.4 Å². The van der Waals surface area contributed by atoms with E-state index in [0.717, 1.165) is 24.9 Å². The van der Waals surface area contributed by atoms with Crippen LogP contribution >= 0.6 is 0 Å². The van der Waals surface area contributed by atoms with Crippen LogP contribution in [-0.2, 0) is 48.6 Å². The van der Waals surface area contributed by atoms with Gasteiger partial charge in [0, 0.05) is 54.0 Å². The molecular formula is C12H15N2W2-. The maximum atomic E-state index is 4.46. The third-order valence-electron chi connectivity index (χ3n) is 2.51. The van der Waals surface area contributed by atoms with E-state index in [2.05, 4.69) is 24.2 Å². The van der Waals surface area contributed by atoms with Crippen LogP contribution in [-0.4, -0.2) is 11.5 Å². The summed E-state index contributed by atoms with van der Waals surface area (Å²) in [6, 6.07) is 2.16. The second-order valence-corrected chi connectivity index (χ2v) is 3.60. The summed E-state index contributed by atoms with van der Waals surface area (Å²) < 4.78 is 0. The molecule has 16 heavy (non-hydrogen) atoms. The van der Waals surface area contributed by atoms with Gasteiger partial charge in [0.2, 0.25) is 0 Å². The Hall–Kier alpha value is 0.0666. The van der Waals surface area contributed by atoms with E-state index in [-0.39, 0.29) is 42.1 Å². The first-order valence-corrected chi connectivity index (χ1v) is 5.01. The minimum Gasteiger partial charge on any atom is -0.524 e. The summed E-state index contributed by atoms with van der Waals surface area (Å²) in [6.45, 7) is 3.05. The van der Waals surface area contributed by atoms with Gasteiger partial charge in [0.25, 0.3) is 0 Å². The van der Waals surface area contributed by atoms with E-state index in [1.54, 1.807) is 0 Å². The molecule has 0 amide bonds. The molecule has 0 unspecified atom stereocenters. The molecule has 0 aliphatic carbocycles. The van der Waals surface area contributed by atoms with Crippen molar-refractivity contribution in [1.82, 2.24) is 4.98 Å². The Morgan fingerprint density at radius 3 is 2.88 bits per heavy atom. The van der Waals surface area contributed by atoms with Crippen LogP contribution in [0.3, 0.4) is 0 Å². The van der Waals surface area contributed by atoms with Crippen molar-refractivity contribution < 1.29 is 42.1 Å². The molecule has 1 aromatic rings. The molecule has 0 bridgehead atoms. The van der Waals surface area contributed by atoms with E-state index in [4.69, 9.17) is 0 Å². The molecule has 1 aromatic heterocycles. The minimum absolute atomic E-state index is 0. The summed E-state index contributed by atoms with van der Waals surface area (Å²) in [7, 11) is 4.01. The molecule has 1 aliphatic heterocycles. The van der Waals surface area contributed by atoms with Crippen molar-refractivity contribution in [1.29, 1.82) is 0 Å². The smallest absolute Gasteiger partial charge is 0.0612 e. The van der Waals surface area contributed by atoms with E-state index < -0.39 is 0 Å². The fraction of sp³-hybridized carbons (Fsp3) is 0.333. The molecule has 0 saturated heterocycles. The van der Waals surface area contributed by atoms with Gasteiger partial charge in [0.15, 0.2) is 0 Å². The Morgan fingerprint density at radius 1 is 1.44 bits per heavy atom. The number of rotatable bonds is 1. The largest absolute Gasteiger partial charge is 0.524 e. The Morgan fingerprint density at radius 2 is 2.19 bits per heavy atom. The fourth-order valence-electron chi connectivity index (χ4n) is 1.80. The molecule has 2 nitrogen and oxygen atoms in total. The average molecular weight is 555 g/mol. The van der Waals surface area contributed by atoms with Gasteiger partial charge in [-0.2, -0.15) is 0 Å². The van der Waals surface area contributed by atoms with Crippen LogP contribution < -0.4 is 4.90 Å². The van der Waals surface area contributed by atoms with Gasteiger partial charge in [-0.3, -0.25) is 12.0 Å². The summed E-state index contributed by atoms with van der Waals surface area (Å²) in [5.74, 6) is 0. The maximum Gasteiger partial charge on any atom is 0.0612 e. The van der Waals surface area contributed by atoms with Crippen LogP contribution in [0.15, 0.2) is 18.3 Å². The number of aryl methyl sites for hydroxylation is 1. The van der Waals surface area contributed by atoms with Crippen LogP contribution in [0.2, 0.25) is 0 Å². The number of pyridine rings is 1. The first-order valence-electron chi connectivity index (χ1n) is 5.01. The Bertz CT molecular complexity index is 364. The maximum absolute atomic E-state index is 4.46. The van der Waals surface area contributed by atoms with Crippen molar-refractivity contribution >= 4 is 11.8 Å². The predicted molar refractivity (Wildman–Crippen MR) is 60.0 cm³/mol. The summed E-state index contributed by atoms with van der Waals surface area (Å²) in [6.07, 6.45) is 8.26. The monoisotopic (exact) mass is 555 g/mol. The van der Waals surface area contributed by atoms with Crippen molar-refractivity contribution in [2.24, 2.45) is 0 Å². The number of allylic oxidation sites excluding steroid dienone is 1. The Balaban J connectivity index is 0.00000112. The Labute approximate surface area is 126 Å². The predicted octanol–water partition coefficient (Wildman–Crippen LogP) is 2.65. The molecular weight excluding hydrogens is 540 g/mol. The quantitative estimate of drug-likeness (QED) is 0.497. The number of anilines is 1. The molecule has 0 spiro atoms. The summed E-state index contributed by atoms with van der Waals surface area (Å²) in [5, 5.41) is 0. The van der Waals surface area contributed by atoms with Crippen molar-refractivity contribution in [2.45, 2.75) is 19.8 Å². The zero-order valence-corrected chi connectivity index (χ0v) is 15.2. The van der Waals surface area contributed by atoms with Gasteiger partial charge >= 0.3 is 0 Å². The zero-order valence-electron chi connectivity index (χ0n) is 9.35. The second-order valence-electron chi connectivity index (χ2n) is 3.60. The van der Waals surface area contributed by atoms with E-state index in [0.29, 0.717) is 0 Å². The van der Waals surface area contributed by atoms with Crippen LogP contribution in [0.25, 0.3) is 6.08 Å². The molecule has 86 valence electrons. The van der Waals surface area contributed by atoms with E-state index in [9.17, 15) is 0 Å². The van der Waals surface area contributed by atoms with Gasteiger partial charge in [-0.25, -0.2) is 0 Å². The second kappa shape index (κ2) is 7.40. The topological polar surface area (TPSA) is 16.1 Å². The van der Waals surface area contributed by atoms with Gasteiger partial charge in [-0.1, -0.05) is 12.2 Å². The van der Waals surface area contributed by atoms with Crippen molar-refractivity contribution in [3.63, 3.8) is 0 Å². The number of hydrogen-bond donors (Lipinski definition) is 0. The fourth-order valence-corrected chi connectivity index (χ4v) is 1.80. The molecule has 1 aliphatic rings. The normalized spacial score (nSPS) is 14.0. The minimum atomic E-state index is 0. The molecule has 2 heterocycles. The van der Waals surface area contributed by atoms with Crippen LogP contribution in [0.4, 0.5) is 5.69 Å². The molecule has 0 N–H and O–H groups in total. The number of fused-ring (bicyclic) bond motifs is 1. The van der Waals surface area contributed by atoms with E-state index >= 15 is 0 Å². The summed E-state index contributed by atoms with van der Waals surface area (Å²) in [4.78, 5) is 6.50. The SMILES string of the molecule is [CH2-]N1CCCc2ncc(/C=C/C)cc21.[W].[W]. The van der Waals surface area contributed by atoms with Crippen molar-refractivity contribution in [3.8, 4) is 0 Å². The molecule has 0 atom stereocenters. The third-order valence-corrected chi connectivity index (χ3v) is 2.51. The van der Waals surface area contributed by atoms with Crippen LogP contribution in [0, 0.1) is 7.05 Å². The van der Waals surface area contributed by atoms with Crippen LogP contribution in [0.1, 0.15) is 24.6 Å². The van der Waals surface area contributed by atoms with Crippen LogP contribution in [0.5, 0.6) is 0 Å². The number of nitrogens with zero attached hydrogens (tertiary/aromatic N) is 2. The summed E-state index contributed by atoms with van der Waals surface area (Å²) in [5.41, 5.74) is 3.52. The van der Waals surface area contributed by atoms with E-state index in [1.807, 2.05) is 24.1 Å². The van der Waals surface area contributed by atoms with Crippen molar-refractivity contribution in [2.75, 3.05) is 11.4 Å². The first-order chi connectivity index (χ1) is 6.81. The van der Waals surface area contributed by atoms with Gasteiger partial charge in [-0.15, -0.1) is 0 Å². The Kier molecular flexibility index (Phi) is 7.43. The zero-order chi connectivity index (χ0) is 9.97. The van der Waals surface area contributed by atoms with Gasteiger partial charge in [0.05, 0.1) is 5.69 Å². The molecule has 0 radical (unpaired) electrons. The van der Waals surface area contributed by atoms with Gasteiger partial charge < -0.3 is 4.90 Å². The third kappa shape index (κ3) is 3.53. The molecule has 0 aromatic carbocycles. The molecule has 0 fully saturated rings. The van der Waals surface area contributed by atoms with Gasteiger partial charge in [0.1, 0.15) is 0 Å². The number of aromatic nitrogens is 1. The molecule has 0 saturated carbocycles. The molecule has 4 heteroatoms. The van der Waals surface area contributed by atoms with Crippen molar-refractivity contribution in [3.05, 3.63) is 36.6 Å². The number of hydrogen-bond acceptors (Lipinski definition) is 2. The van der Waals surface area contributed by atoms with Gasteiger partial charge in [-0.05, 0) is 37.9 Å².